The Morgan fingerprint density at radius 1 is 1.04 bits per heavy atom. The molecule has 0 unspecified atom stereocenters. The van der Waals surface area contributed by atoms with Crippen LogP contribution in [-0.2, 0) is 6.18 Å². The minimum Gasteiger partial charge on any atom is -0.311 e. The van der Waals surface area contributed by atoms with Gasteiger partial charge in [-0.25, -0.2) is 0 Å². The normalized spacial score (nSPS) is 11.6. The molecule has 0 aliphatic heterocycles. The standard InChI is InChI=1S/C18H18F3NO/c1-12(2)13-7-6-8-14(11-13)22(3)17(23)15-9-4-5-10-16(15)18(19,20)21/h4-12H,1-3H3. The van der Waals surface area contributed by atoms with Gasteiger partial charge in [-0.15, -0.1) is 0 Å². The molecule has 23 heavy (non-hydrogen) atoms. The Morgan fingerprint density at radius 2 is 1.70 bits per heavy atom. The van der Waals surface area contributed by atoms with Crippen LogP contribution in [0.25, 0.3) is 0 Å². The lowest BCUT2D eigenvalue weighted by Gasteiger charge is -2.21. The molecule has 0 aliphatic rings. The van der Waals surface area contributed by atoms with Gasteiger partial charge in [0.05, 0.1) is 11.1 Å². The lowest BCUT2D eigenvalue weighted by molar-refractivity contribution is -0.137. The summed E-state index contributed by atoms with van der Waals surface area (Å²) in [5, 5.41) is 0. The first-order valence-corrected chi connectivity index (χ1v) is 7.26. The van der Waals surface area contributed by atoms with Crippen molar-refractivity contribution in [3.8, 4) is 0 Å². The highest BCUT2D eigenvalue weighted by Gasteiger charge is 2.35. The van der Waals surface area contributed by atoms with Gasteiger partial charge >= 0.3 is 6.18 Å². The summed E-state index contributed by atoms with van der Waals surface area (Å²) in [4.78, 5) is 13.8. The second-order valence-corrected chi connectivity index (χ2v) is 5.66. The molecule has 0 aromatic heterocycles. The Hall–Kier alpha value is -2.30. The summed E-state index contributed by atoms with van der Waals surface area (Å²) in [5.74, 6) is -0.417. The van der Waals surface area contributed by atoms with E-state index in [1.54, 1.807) is 12.1 Å². The molecule has 0 fully saturated rings. The maximum absolute atomic E-state index is 13.1. The average molecular weight is 321 g/mol. The molecule has 0 bridgehead atoms. The van der Waals surface area contributed by atoms with Gasteiger partial charge in [0.15, 0.2) is 0 Å². The Balaban J connectivity index is 2.40. The number of nitrogens with zero attached hydrogens (tertiary/aromatic N) is 1. The van der Waals surface area contributed by atoms with Crippen LogP contribution in [0.3, 0.4) is 0 Å². The molecule has 0 spiro atoms. The summed E-state index contributed by atoms with van der Waals surface area (Å²) in [6.07, 6.45) is -4.56. The number of carbonyl (C=O) groups is 1. The molecular weight excluding hydrogens is 303 g/mol. The minimum atomic E-state index is -4.56. The highest BCUT2D eigenvalue weighted by molar-refractivity contribution is 6.06. The fourth-order valence-corrected chi connectivity index (χ4v) is 2.31. The summed E-state index contributed by atoms with van der Waals surface area (Å²) in [5.41, 5.74) is 0.318. The molecule has 0 radical (unpaired) electrons. The zero-order valence-electron chi connectivity index (χ0n) is 13.2. The van der Waals surface area contributed by atoms with Gasteiger partial charge in [0.1, 0.15) is 0 Å². The summed E-state index contributed by atoms with van der Waals surface area (Å²) < 4.78 is 39.2. The summed E-state index contributed by atoms with van der Waals surface area (Å²) in [6, 6.07) is 12.1. The molecule has 2 aromatic carbocycles. The molecule has 0 heterocycles. The first-order valence-electron chi connectivity index (χ1n) is 7.26. The molecule has 5 heteroatoms. The molecule has 2 aromatic rings. The van der Waals surface area contributed by atoms with Crippen molar-refractivity contribution >= 4 is 11.6 Å². The molecule has 122 valence electrons. The second kappa shape index (κ2) is 6.44. The monoisotopic (exact) mass is 321 g/mol. The SMILES string of the molecule is CC(C)c1cccc(N(C)C(=O)c2ccccc2C(F)(F)F)c1. The van der Waals surface area contributed by atoms with Gasteiger partial charge in [0.25, 0.3) is 5.91 Å². The zero-order chi connectivity index (χ0) is 17.2. The summed E-state index contributed by atoms with van der Waals surface area (Å²) in [6.45, 7) is 4.03. The number of rotatable bonds is 3. The number of carbonyl (C=O) groups excluding carboxylic acids is 1. The van der Waals surface area contributed by atoms with E-state index in [4.69, 9.17) is 0 Å². The first kappa shape index (κ1) is 17.1. The molecule has 0 saturated heterocycles. The van der Waals surface area contributed by atoms with Gasteiger partial charge in [0, 0.05) is 12.7 Å². The lowest BCUT2D eigenvalue weighted by Crippen LogP contribution is -2.28. The average Bonchev–Trinajstić information content (AvgIpc) is 2.52. The van der Waals surface area contributed by atoms with E-state index in [2.05, 4.69) is 0 Å². The number of benzene rings is 2. The van der Waals surface area contributed by atoms with Crippen molar-refractivity contribution in [3.63, 3.8) is 0 Å². The van der Waals surface area contributed by atoms with Crippen LogP contribution in [0.15, 0.2) is 48.5 Å². The third-order valence-corrected chi connectivity index (χ3v) is 3.69. The predicted molar refractivity (Wildman–Crippen MR) is 84.7 cm³/mol. The van der Waals surface area contributed by atoms with Gasteiger partial charge in [-0.2, -0.15) is 13.2 Å². The van der Waals surface area contributed by atoms with Crippen LogP contribution in [0.1, 0.15) is 41.3 Å². The molecule has 0 N–H and O–H groups in total. The van der Waals surface area contributed by atoms with E-state index in [9.17, 15) is 18.0 Å². The first-order chi connectivity index (χ1) is 10.7. The van der Waals surface area contributed by atoms with Crippen molar-refractivity contribution in [2.24, 2.45) is 0 Å². The number of halogens is 3. The second-order valence-electron chi connectivity index (χ2n) is 5.66. The molecule has 0 atom stereocenters. The number of alkyl halides is 3. The van der Waals surface area contributed by atoms with E-state index >= 15 is 0 Å². The fourth-order valence-electron chi connectivity index (χ4n) is 2.31. The highest BCUT2D eigenvalue weighted by Crippen LogP contribution is 2.33. The topological polar surface area (TPSA) is 20.3 Å². The third-order valence-electron chi connectivity index (χ3n) is 3.69. The van der Waals surface area contributed by atoms with Crippen LogP contribution in [0.5, 0.6) is 0 Å². The lowest BCUT2D eigenvalue weighted by atomic mass is 10.0. The van der Waals surface area contributed by atoms with Crippen molar-refractivity contribution < 1.29 is 18.0 Å². The van der Waals surface area contributed by atoms with Crippen molar-refractivity contribution in [3.05, 3.63) is 65.2 Å². The van der Waals surface area contributed by atoms with E-state index in [0.29, 0.717) is 5.69 Å². The molecule has 2 rings (SSSR count). The number of hydrogen-bond acceptors (Lipinski definition) is 1. The number of hydrogen-bond donors (Lipinski definition) is 0. The number of anilines is 1. The Morgan fingerprint density at radius 3 is 2.30 bits per heavy atom. The molecule has 2 nitrogen and oxygen atoms in total. The van der Waals surface area contributed by atoms with E-state index < -0.39 is 17.6 Å². The molecule has 0 saturated carbocycles. The molecule has 1 amide bonds. The highest BCUT2D eigenvalue weighted by atomic mass is 19.4. The van der Waals surface area contributed by atoms with E-state index in [1.807, 2.05) is 26.0 Å². The quantitative estimate of drug-likeness (QED) is 0.769. The molecular formula is C18H18F3NO. The van der Waals surface area contributed by atoms with Gasteiger partial charge in [-0.1, -0.05) is 38.1 Å². The fraction of sp³-hybridized carbons (Fsp3) is 0.278. The van der Waals surface area contributed by atoms with Crippen LogP contribution in [-0.4, -0.2) is 13.0 Å². The van der Waals surface area contributed by atoms with Crippen molar-refractivity contribution in [1.82, 2.24) is 0 Å². The Kier molecular flexibility index (Phi) is 4.78. The number of amides is 1. The van der Waals surface area contributed by atoms with E-state index in [-0.39, 0.29) is 11.5 Å². The van der Waals surface area contributed by atoms with E-state index in [0.717, 1.165) is 11.6 Å². The van der Waals surface area contributed by atoms with Crippen molar-refractivity contribution in [2.75, 3.05) is 11.9 Å². The van der Waals surface area contributed by atoms with E-state index in [1.165, 1.54) is 30.1 Å². The van der Waals surface area contributed by atoms with Gasteiger partial charge in [0.2, 0.25) is 0 Å². The maximum atomic E-state index is 13.1. The minimum absolute atomic E-state index is 0.265. The van der Waals surface area contributed by atoms with Crippen molar-refractivity contribution in [1.29, 1.82) is 0 Å². The van der Waals surface area contributed by atoms with Crippen LogP contribution in [0.2, 0.25) is 0 Å². The summed E-state index contributed by atoms with van der Waals surface area (Å²) >= 11 is 0. The zero-order valence-corrected chi connectivity index (χ0v) is 13.2. The Bertz CT molecular complexity index is 707. The predicted octanol–water partition coefficient (Wildman–Crippen LogP) is 5.11. The van der Waals surface area contributed by atoms with Crippen LogP contribution in [0, 0.1) is 0 Å². The van der Waals surface area contributed by atoms with Gasteiger partial charge in [-0.3, -0.25) is 4.79 Å². The van der Waals surface area contributed by atoms with Gasteiger partial charge in [-0.05, 0) is 35.7 Å². The maximum Gasteiger partial charge on any atom is 0.417 e. The Labute approximate surface area is 133 Å². The molecule has 0 aliphatic carbocycles. The summed E-state index contributed by atoms with van der Waals surface area (Å²) in [7, 11) is 1.48. The van der Waals surface area contributed by atoms with Crippen LogP contribution < -0.4 is 4.90 Å². The van der Waals surface area contributed by atoms with Crippen LogP contribution >= 0.6 is 0 Å². The third kappa shape index (κ3) is 3.73. The van der Waals surface area contributed by atoms with Crippen LogP contribution in [0.4, 0.5) is 18.9 Å². The van der Waals surface area contributed by atoms with Gasteiger partial charge < -0.3 is 4.90 Å². The smallest absolute Gasteiger partial charge is 0.311 e. The largest absolute Gasteiger partial charge is 0.417 e. The van der Waals surface area contributed by atoms with Crippen molar-refractivity contribution in [2.45, 2.75) is 25.9 Å².